The van der Waals surface area contributed by atoms with Crippen LogP contribution in [0.2, 0.25) is 0 Å². The minimum atomic E-state index is 0.448. The Bertz CT molecular complexity index is 528. The van der Waals surface area contributed by atoms with E-state index in [4.69, 9.17) is 0 Å². The zero-order chi connectivity index (χ0) is 11.6. The first-order valence-corrected chi connectivity index (χ1v) is 6.26. The van der Waals surface area contributed by atoms with Crippen molar-refractivity contribution in [2.75, 3.05) is 6.54 Å². The van der Waals surface area contributed by atoms with Gasteiger partial charge in [0, 0.05) is 36.6 Å². The van der Waals surface area contributed by atoms with Gasteiger partial charge in [0.25, 0.3) is 0 Å². The zero-order valence-electron chi connectivity index (χ0n) is 9.92. The largest absolute Gasteiger partial charge is 0.455 e. The Kier molecular flexibility index (Phi) is 1.72. The Balaban J connectivity index is 1.85. The summed E-state index contributed by atoms with van der Waals surface area (Å²) in [6.07, 6.45) is 7.69. The van der Waals surface area contributed by atoms with Crippen LogP contribution in [0.1, 0.15) is 24.8 Å². The van der Waals surface area contributed by atoms with Gasteiger partial charge >= 0.3 is 0 Å². The Morgan fingerprint density at radius 1 is 1.29 bits per heavy atom. The van der Waals surface area contributed by atoms with Gasteiger partial charge in [-0.05, 0) is 6.07 Å². The molecular formula is C14H17N3. The number of nitrogens with one attached hydrogen (secondary N) is 2. The molecule has 88 valence electrons. The van der Waals surface area contributed by atoms with E-state index in [1.165, 1.54) is 51.6 Å². The number of hydrogen-bond donors (Lipinski definition) is 2. The molecule has 0 saturated heterocycles. The van der Waals surface area contributed by atoms with Crippen molar-refractivity contribution in [1.29, 1.82) is 0 Å². The van der Waals surface area contributed by atoms with Crippen molar-refractivity contribution in [3.05, 3.63) is 43.8 Å². The van der Waals surface area contributed by atoms with Crippen LogP contribution in [0.4, 0.5) is 5.69 Å². The highest BCUT2D eigenvalue weighted by atomic mass is 15.3. The molecule has 2 unspecified atom stereocenters. The summed E-state index contributed by atoms with van der Waals surface area (Å²) in [4.78, 5) is 6.83. The standard InChI is InChI=1S/C14H17N3/c1-16-9-13-11(7-14(16)4-5-14)10-3-6-15-8-12(10)17(13)2/h3,6,8,16-17H,1-2,4-5,7,9H2. The van der Waals surface area contributed by atoms with Crippen LogP contribution in [-0.4, -0.2) is 17.1 Å². The maximum atomic E-state index is 4.30. The zero-order valence-corrected chi connectivity index (χ0v) is 9.92. The summed E-state index contributed by atoms with van der Waals surface area (Å²) in [5, 5.41) is 0. The number of nitrogens with zero attached hydrogens (tertiary/aromatic N) is 1. The van der Waals surface area contributed by atoms with Crippen molar-refractivity contribution in [2.24, 2.45) is 0 Å². The molecule has 2 atom stereocenters. The lowest BCUT2D eigenvalue weighted by Crippen LogP contribution is -3.17. The fourth-order valence-corrected chi connectivity index (χ4v) is 3.37. The van der Waals surface area contributed by atoms with Crippen LogP contribution < -0.4 is 9.80 Å². The highest BCUT2D eigenvalue weighted by Crippen LogP contribution is 2.45. The third-order valence-corrected chi connectivity index (χ3v) is 4.71. The van der Waals surface area contributed by atoms with Gasteiger partial charge in [-0.2, -0.15) is 0 Å². The Hall–Kier alpha value is -1.19. The fourth-order valence-electron chi connectivity index (χ4n) is 3.37. The van der Waals surface area contributed by atoms with E-state index in [9.17, 15) is 0 Å². The molecule has 3 heterocycles. The molecule has 3 nitrogen and oxygen atoms in total. The smallest absolute Gasteiger partial charge is 0.143 e. The lowest BCUT2D eigenvalue weighted by Gasteiger charge is -2.37. The summed E-state index contributed by atoms with van der Waals surface area (Å²) in [6, 6.07) is 2.15. The van der Waals surface area contributed by atoms with E-state index in [0.29, 0.717) is 5.54 Å². The third-order valence-electron chi connectivity index (χ3n) is 4.71. The first-order chi connectivity index (χ1) is 8.21. The third kappa shape index (κ3) is 1.16. The van der Waals surface area contributed by atoms with Crippen LogP contribution in [0.15, 0.2) is 24.2 Å². The molecule has 0 amide bonds. The summed E-state index contributed by atoms with van der Waals surface area (Å²) in [7, 11) is 8.54. The molecule has 1 aromatic rings. The average Bonchev–Trinajstić information content (AvgIpc) is 3.07. The predicted molar refractivity (Wildman–Crippen MR) is 64.9 cm³/mol. The molecule has 0 bridgehead atoms. The minimum absolute atomic E-state index is 0.448. The molecule has 4 rings (SSSR count). The molecule has 1 fully saturated rings. The molecule has 0 radical (unpaired) electrons. The maximum absolute atomic E-state index is 4.30. The van der Waals surface area contributed by atoms with Gasteiger partial charge in [0.05, 0.1) is 11.7 Å². The van der Waals surface area contributed by atoms with E-state index in [-0.39, 0.29) is 0 Å². The van der Waals surface area contributed by atoms with Gasteiger partial charge in [-0.1, -0.05) is 0 Å². The summed E-state index contributed by atoms with van der Waals surface area (Å²) in [6.45, 7) is 1.03. The number of rotatable bonds is 0. The van der Waals surface area contributed by atoms with Gasteiger partial charge in [-0.15, -0.1) is 14.1 Å². The number of aromatic nitrogens is 1. The average molecular weight is 227 g/mol. The highest BCUT2D eigenvalue weighted by molar-refractivity contribution is 5.78. The second kappa shape index (κ2) is 2.98. The van der Waals surface area contributed by atoms with Crippen LogP contribution in [-0.2, 0) is 0 Å². The lowest BCUT2D eigenvalue weighted by atomic mass is 9.93. The van der Waals surface area contributed by atoms with E-state index in [2.05, 4.69) is 25.1 Å². The van der Waals surface area contributed by atoms with Crippen LogP contribution in [0.3, 0.4) is 0 Å². The number of hydrogen-bond acceptors (Lipinski definition) is 1. The fraction of sp³-hybridized carbons (Fsp3) is 0.357. The second-order valence-electron chi connectivity index (χ2n) is 5.59. The van der Waals surface area contributed by atoms with Gasteiger partial charge in [0.1, 0.15) is 17.9 Å². The van der Waals surface area contributed by atoms with Gasteiger partial charge < -0.3 is 9.80 Å². The number of quaternary nitrogens is 2. The lowest BCUT2D eigenvalue weighted by molar-refractivity contribution is -0.906. The molecule has 17 heavy (non-hydrogen) atoms. The van der Waals surface area contributed by atoms with Crippen molar-refractivity contribution < 1.29 is 9.80 Å². The van der Waals surface area contributed by atoms with Gasteiger partial charge in [0.2, 0.25) is 0 Å². The second-order valence-corrected chi connectivity index (χ2v) is 5.59. The van der Waals surface area contributed by atoms with E-state index in [1.54, 1.807) is 0 Å². The van der Waals surface area contributed by atoms with E-state index < -0.39 is 0 Å². The Morgan fingerprint density at radius 2 is 2.12 bits per heavy atom. The summed E-state index contributed by atoms with van der Waals surface area (Å²) in [5.74, 6) is 0. The molecule has 2 N–H and O–H groups in total. The van der Waals surface area contributed by atoms with Gasteiger partial charge in [-0.25, -0.2) is 0 Å². The molecule has 1 saturated carbocycles. The first-order valence-electron chi connectivity index (χ1n) is 6.26. The quantitative estimate of drug-likeness (QED) is 0.585. The SMILES string of the molecule is [CH2-][NH+]1C2=C(CC3(CC3)[NH+]([CH2-])C2)c2ccncc21. The molecule has 1 spiro atoms. The van der Waals surface area contributed by atoms with E-state index in [0.717, 1.165) is 6.54 Å². The normalized spacial score (nSPS) is 32.6. The molecule has 1 aromatic heterocycles. The number of fused-ring (bicyclic) bond motifs is 2. The summed E-state index contributed by atoms with van der Waals surface area (Å²) >= 11 is 0. The van der Waals surface area contributed by atoms with E-state index >= 15 is 0 Å². The first kappa shape index (κ1) is 9.80. The van der Waals surface area contributed by atoms with Gasteiger partial charge in [-0.3, -0.25) is 4.98 Å². The monoisotopic (exact) mass is 227 g/mol. The van der Waals surface area contributed by atoms with E-state index in [1.807, 2.05) is 12.4 Å². The van der Waals surface area contributed by atoms with Crippen molar-refractivity contribution in [2.45, 2.75) is 24.8 Å². The van der Waals surface area contributed by atoms with Crippen LogP contribution in [0, 0.1) is 14.1 Å². The predicted octanol–water partition coefficient (Wildman–Crippen LogP) is -0.273. The van der Waals surface area contributed by atoms with Crippen LogP contribution in [0.5, 0.6) is 0 Å². The topological polar surface area (TPSA) is 21.8 Å². The molecule has 3 heteroatoms. The molecule has 2 aliphatic heterocycles. The van der Waals surface area contributed by atoms with Gasteiger partial charge in [0.15, 0.2) is 0 Å². The van der Waals surface area contributed by atoms with Crippen LogP contribution in [0.25, 0.3) is 5.57 Å². The van der Waals surface area contributed by atoms with Crippen molar-refractivity contribution in [3.63, 3.8) is 0 Å². The molecule has 3 aliphatic rings. The minimum Gasteiger partial charge on any atom is -0.455 e. The molecule has 1 aliphatic carbocycles. The van der Waals surface area contributed by atoms with Crippen molar-refractivity contribution >= 4 is 11.3 Å². The molecular weight excluding hydrogens is 210 g/mol. The maximum Gasteiger partial charge on any atom is 0.143 e. The molecule has 0 aromatic carbocycles. The number of pyridine rings is 1. The van der Waals surface area contributed by atoms with Crippen molar-refractivity contribution in [1.82, 2.24) is 4.98 Å². The summed E-state index contributed by atoms with van der Waals surface area (Å²) < 4.78 is 0. The van der Waals surface area contributed by atoms with Crippen molar-refractivity contribution in [3.8, 4) is 0 Å². The Labute approximate surface area is 102 Å². The van der Waals surface area contributed by atoms with Crippen LogP contribution >= 0.6 is 0 Å². The summed E-state index contributed by atoms with van der Waals surface area (Å²) in [5.41, 5.74) is 6.01. The Morgan fingerprint density at radius 3 is 2.88 bits per heavy atom. The highest BCUT2D eigenvalue weighted by Gasteiger charge is 2.53.